The van der Waals surface area contributed by atoms with Gasteiger partial charge in [0, 0.05) is 25.9 Å². The van der Waals surface area contributed by atoms with Crippen molar-refractivity contribution in [3.63, 3.8) is 0 Å². The lowest BCUT2D eigenvalue weighted by atomic mass is 10.3. The van der Waals surface area contributed by atoms with Crippen molar-refractivity contribution in [1.29, 1.82) is 0 Å². The van der Waals surface area contributed by atoms with Crippen LogP contribution in [0.4, 0.5) is 29.5 Å². The predicted octanol–water partition coefficient (Wildman–Crippen LogP) is 2.59. The molecule has 1 aromatic heterocycles. The van der Waals surface area contributed by atoms with Crippen molar-refractivity contribution >= 4 is 17.5 Å². The van der Waals surface area contributed by atoms with Crippen molar-refractivity contribution in [3.05, 3.63) is 47.2 Å². The summed E-state index contributed by atoms with van der Waals surface area (Å²) in [4.78, 5) is 22.0. The highest BCUT2D eigenvalue weighted by Gasteiger charge is 2.15. The molecule has 0 saturated carbocycles. The fraction of sp³-hybridized carbons (Fsp3) is 0.267. The third-order valence-corrected chi connectivity index (χ3v) is 3.04. The van der Waals surface area contributed by atoms with Crippen molar-refractivity contribution < 1.29 is 18.0 Å². The topological polar surface area (TPSA) is 70.2 Å². The maximum absolute atomic E-state index is 13.5. The maximum atomic E-state index is 13.5. The Morgan fingerprint density at radius 3 is 2.54 bits per heavy atom. The van der Waals surface area contributed by atoms with Crippen LogP contribution in [0.5, 0.6) is 0 Å². The zero-order chi connectivity index (χ0) is 17.9. The first-order valence-corrected chi connectivity index (χ1v) is 6.98. The number of carbonyl (C=O) groups is 1. The minimum Gasteiger partial charge on any atom is -0.363 e. The van der Waals surface area contributed by atoms with Gasteiger partial charge in [-0.3, -0.25) is 0 Å². The van der Waals surface area contributed by atoms with Gasteiger partial charge in [-0.25, -0.2) is 27.9 Å². The van der Waals surface area contributed by atoms with Crippen LogP contribution in [0.2, 0.25) is 0 Å². The summed E-state index contributed by atoms with van der Waals surface area (Å²) < 4.78 is 39.4. The number of nitrogens with zero attached hydrogens (tertiary/aromatic N) is 3. The van der Waals surface area contributed by atoms with Gasteiger partial charge in [-0.2, -0.15) is 0 Å². The highest BCUT2D eigenvalue weighted by Crippen LogP contribution is 2.19. The summed E-state index contributed by atoms with van der Waals surface area (Å²) in [5.74, 6) is -3.41. The van der Waals surface area contributed by atoms with Crippen LogP contribution >= 0.6 is 0 Å². The summed E-state index contributed by atoms with van der Waals surface area (Å²) in [6.45, 7) is 1.77. The first-order valence-electron chi connectivity index (χ1n) is 6.98. The van der Waals surface area contributed by atoms with Crippen LogP contribution in [0, 0.1) is 24.4 Å². The van der Waals surface area contributed by atoms with E-state index in [1.165, 1.54) is 0 Å². The van der Waals surface area contributed by atoms with E-state index in [1.54, 1.807) is 17.9 Å². The molecular weight excluding hydrogens is 323 g/mol. The van der Waals surface area contributed by atoms with Crippen LogP contribution in [-0.4, -0.2) is 30.1 Å². The van der Waals surface area contributed by atoms with Crippen molar-refractivity contribution in [2.45, 2.75) is 13.5 Å². The number of rotatable bonds is 4. The summed E-state index contributed by atoms with van der Waals surface area (Å²) in [7, 11) is 3.63. The Balaban J connectivity index is 2.03. The Kier molecular flexibility index (Phi) is 5.22. The molecule has 0 fully saturated rings. The lowest BCUT2D eigenvalue weighted by Crippen LogP contribution is -2.29. The highest BCUT2D eigenvalue weighted by atomic mass is 19.2. The van der Waals surface area contributed by atoms with E-state index in [1.807, 2.05) is 14.1 Å². The third kappa shape index (κ3) is 4.12. The number of amides is 2. The molecule has 24 heavy (non-hydrogen) atoms. The van der Waals surface area contributed by atoms with Gasteiger partial charge in [0.1, 0.15) is 11.6 Å². The zero-order valence-corrected chi connectivity index (χ0v) is 13.3. The van der Waals surface area contributed by atoms with Gasteiger partial charge in [0.2, 0.25) is 0 Å². The molecule has 1 heterocycles. The summed E-state index contributed by atoms with van der Waals surface area (Å²) in [5, 5.41) is 4.53. The molecule has 2 N–H and O–H groups in total. The largest absolute Gasteiger partial charge is 0.363 e. The van der Waals surface area contributed by atoms with Crippen molar-refractivity contribution in [3.8, 4) is 0 Å². The summed E-state index contributed by atoms with van der Waals surface area (Å²) >= 11 is 0. The minimum absolute atomic E-state index is 0.0142. The maximum Gasteiger partial charge on any atom is 0.319 e. The Hall–Kier alpha value is -2.84. The first kappa shape index (κ1) is 17.5. The number of aryl methyl sites for hydroxylation is 1. The summed E-state index contributed by atoms with van der Waals surface area (Å²) in [5.41, 5.74) is 0.253. The van der Waals surface area contributed by atoms with Crippen molar-refractivity contribution in [2.75, 3.05) is 24.3 Å². The molecule has 0 saturated heterocycles. The molecule has 0 radical (unpaired) electrons. The molecule has 2 aromatic rings. The number of anilines is 2. The molecule has 2 rings (SSSR count). The molecule has 9 heteroatoms. The number of benzene rings is 1. The quantitative estimate of drug-likeness (QED) is 0.840. The van der Waals surface area contributed by atoms with Gasteiger partial charge in [-0.05, 0) is 19.1 Å². The number of hydrogen-bond donors (Lipinski definition) is 2. The second-order valence-corrected chi connectivity index (χ2v) is 5.21. The smallest absolute Gasteiger partial charge is 0.319 e. The number of carbonyl (C=O) groups excluding carboxylic acids is 1. The monoisotopic (exact) mass is 339 g/mol. The zero-order valence-electron chi connectivity index (χ0n) is 13.3. The van der Waals surface area contributed by atoms with E-state index in [0.29, 0.717) is 11.6 Å². The molecule has 1 aromatic carbocycles. The highest BCUT2D eigenvalue weighted by molar-refractivity contribution is 5.89. The Morgan fingerprint density at radius 2 is 1.88 bits per heavy atom. The van der Waals surface area contributed by atoms with E-state index >= 15 is 0 Å². The summed E-state index contributed by atoms with van der Waals surface area (Å²) in [6, 6.07) is 2.64. The van der Waals surface area contributed by atoms with Gasteiger partial charge < -0.3 is 15.5 Å². The Labute approximate surface area is 136 Å². The van der Waals surface area contributed by atoms with Crippen LogP contribution in [0.1, 0.15) is 11.5 Å². The van der Waals surface area contributed by atoms with E-state index in [9.17, 15) is 18.0 Å². The molecule has 0 aliphatic carbocycles. The number of urea groups is 1. The van der Waals surface area contributed by atoms with E-state index in [2.05, 4.69) is 20.6 Å². The summed E-state index contributed by atoms with van der Waals surface area (Å²) in [6.07, 6.45) is 0. The number of aromatic nitrogens is 2. The Morgan fingerprint density at radius 1 is 1.17 bits per heavy atom. The lowest BCUT2D eigenvalue weighted by molar-refractivity contribution is 0.251. The average molecular weight is 339 g/mol. The second kappa shape index (κ2) is 7.16. The fourth-order valence-electron chi connectivity index (χ4n) is 1.87. The molecule has 2 amide bonds. The van der Waals surface area contributed by atoms with E-state index in [0.717, 1.165) is 17.8 Å². The van der Waals surface area contributed by atoms with Crippen molar-refractivity contribution in [1.82, 2.24) is 15.3 Å². The van der Waals surface area contributed by atoms with Gasteiger partial charge >= 0.3 is 6.03 Å². The molecule has 0 unspecified atom stereocenters. The molecule has 128 valence electrons. The minimum atomic E-state index is -1.65. The van der Waals surface area contributed by atoms with Gasteiger partial charge in [0.15, 0.2) is 17.5 Å². The Bertz CT molecular complexity index is 767. The predicted molar refractivity (Wildman–Crippen MR) is 83.3 cm³/mol. The SMILES string of the molecule is Cc1cc(N(C)C)nc(CNC(=O)Nc2ccc(F)c(F)c2F)n1. The molecule has 6 nitrogen and oxygen atoms in total. The van der Waals surface area contributed by atoms with Gasteiger partial charge in [-0.15, -0.1) is 0 Å². The van der Waals surface area contributed by atoms with Crippen LogP contribution in [-0.2, 0) is 6.54 Å². The van der Waals surface area contributed by atoms with Gasteiger partial charge in [0.05, 0.1) is 12.2 Å². The molecule has 0 aliphatic rings. The standard InChI is InChI=1S/C15H16F3N5O/c1-8-6-12(23(2)3)22-11(20-8)7-19-15(24)21-10-5-4-9(16)13(17)14(10)18/h4-6H,7H2,1-3H3,(H2,19,21,24). The van der Waals surface area contributed by atoms with E-state index in [4.69, 9.17) is 0 Å². The lowest BCUT2D eigenvalue weighted by Gasteiger charge is -2.13. The van der Waals surface area contributed by atoms with Crippen LogP contribution < -0.4 is 15.5 Å². The van der Waals surface area contributed by atoms with Crippen LogP contribution in [0.3, 0.4) is 0 Å². The molecule has 0 aliphatic heterocycles. The fourth-order valence-corrected chi connectivity index (χ4v) is 1.87. The number of hydrogen-bond acceptors (Lipinski definition) is 4. The normalized spacial score (nSPS) is 10.4. The first-order chi connectivity index (χ1) is 11.3. The van der Waals surface area contributed by atoms with E-state index < -0.39 is 29.2 Å². The third-order valence-electron chi connectivity index (χ3n) is 3.04. The average Bonchev–Trinajstić information content (AvgIpc) is 2.53. The number of halogens is 3. The van der Waals surface area contributed by atoms with E-state index in [-0.39, 0.29) is 6.54 Å². The van der Waals surface area contributed by atoms with Crippen LogP contribution in [0.15, 0.2) is 18.2 Å². The van der Waals surface area contributed by atoms with Gasteiger partial charge in [0.25, 0.3) is 0 Å². The van der Waals surface area contributed by atoms with Crippen LogP contribution in [0.25, 0.3) is 0 Å². The van der Waals surface area contributed by atoms with Gasteiger partial charge in [-0.1, -0.05) is 0 Å². The molecule has 0 spiro atoms. The molecular formula is C15H16F3N5O. The van der Waals surface area contributed by atoms with Crippen molar-refractivity contribution in [2.24, 2.45) is 0 Å². The number of nitrogens with one attached hydrogen (secondary N) is 2. The second-order valence-electron chi connectivity index (χ2n) is 5.21. The molecule has 0 bridgehead atoms. The molecule has 0 atom stereocenters.